The highest BCUT2D eigenvalue weighted by Gasteiger charge is 2.35. The van der Waals surface area contributed by atoms with Crippen LogP contribution in [0.2, 0.25) is 10.0 Å². The molecule has 1 heterocycles. The Kier molecular flexibility index (Phi) is 4.11. The average molecular weight is 322 g/mol. The lowest BCUT2D eigenvalue weighted by Gasteiger charge is -2.13. The largest absolute Gasteiger partial charge is 0.496 e. The SMILES string of the molecule is COc1cc(-c2cccc(Cl)c2Cl)ncc1C(F)(F)F. The lowest BCUT2D eigenvalue weighted by atomic mass is 10.1. The van der Waals surface area contributed by atoms with Crippen molar-refractivity contribution in [1.29, 1.82) is 0 Å². The quantitative estimate of drug-likeness (QED) is 0.769. The molecule has 1 aromatic carbocycles. The molecule has 0 N–H and O–H groups in total. The zero-order chi connectivity index (χ0) is 14.9. The molecule has 2 aromatic rings. The summed E-state index contributed by atoms with van der Waals surface area (Å²) in [6.07, 6.45) is -3.82. The molecule has 2 nitrogen and oxygen atoms in total. The van der Waals surface area contributed by atoms with Crippen LogP contribution in [0, 0.1) is 0 Å². The summed E-state index contributed by atoms with van der Waals surface area (Å²) in [5.41, 5.74) is -0.254. The molecule has 106 valence electrons. The van der Waals surface area contributed by atoms with Gasteiger partial charge in [0, 0.05) is 17.8 Å². The first-order chi connectivity index (χ1) is 9.34. The molecule has 0 saturated heterocycles. The second-order valence-corrected chi connectivity index (χ2v) is 4.65. The topological polar surface area (TPSA) is 22.1 Å². The van der Waals surface area contributed by atoms with Gasteiger partial charge in [-0.15, -0.1) is 0 Å². The van der Waals surface area contributed by atoms with E-state index >= 15 is 0 Å². The van der Waals surface area contributed by atoms with Crippen molar-refractivity contribution in [2.75, 3.05) is 7.11 Å². The Balaban J connectivity index is 2.58. The van der Waals surface area contributed by atoms with Gasteiger partial charge in [0.15, 0.2) is 0 Å². The molecule has 0 spiro atoms. The molecule has 20 heavy (non-hydrogen) atoms. The summed E-state index contributed by atoms with van der Waals surface area (Å²) in [5.74, 6) is -0.321. The van der Waals surface area contributed by atoms with Crippen LogP contribution in [0.25, 0.3) is 11.3 Å². The van der Waals surface area contributed by atoms with E-state index in [-0.39, 0.29) is 16.5 Å². The van der Waals surface area contributed by atoms with Crippen LogP contribution in [-0.2, 0) is 6.18 Å². The van der Waals surface area contributed by atoms with Gasteiger partial charge < -0.3 is 4.74 Å². The van der Waals surface area contributed by atoms with Gasteiger partial charge in [-0.05, 0) is 6.07 Å². The Morgan fingerprint density at radius 3 is 2.50 bits per heavy atom. The highest BCUT2D eigenvalue weighted by atomic mass is 35.5. The first kappa shape index (κ1) is 14.9. The van der Waals surface area contributed by atoms with Gasteiger partial charge in [-0.2, -0.15) is 13.2 Å². The van der Waals surface area contributed by atoms with Crippen molar-refractivity contribution in [3.05, 3.63) is 46.1 Å². The van der Waals surface area contributed by atoms with Gasteiger partial charge in [0.05, 0.1) is 22.8 Å². The molecule has 0 amide bonds. The number of ether oxygens (including phenoxy) is 1. The number of halogens is 5. The molecular weight excluding hydrogens is 314 g/mol. The fourth-order valence-corrected chi connectivity index (χ4v) is 2.06. The van der Waals surface area contributed by atoms with Crippen molar-refractivity contribution in [2.45, 2.75) is 6.18 Å². The number of nitrogens with zero attached hydrogens (tertiary/aromatic N) is 1. The monoisotopic (exact) mass is 321 g/mol. The molecule has 0 bridgehead atoms. The fourth-order valence-electron chi connectivity index (χ4n) is 1.67. The van der Waals surface area contributed by atoms with Crippen LogP contribution in [0.5, 0.6) is 5.75 Å². The summed E-state index contributed by atoms with van der Waals surface area (Å²) in [5, 5.41) is 0.522. The summed E-state index contributed by atoms with van der Waals surface area (Å²) >= 11 is 11.9. The molecule has 2 rings (SSSR count). The molecule has 0 atom stereocenters. The van der Waals surface area contributed by atoms with E-state index in [0.717, 1.165) is 7.11 Å². The van der Waals surface area contributed by atoms with Gasteiger partial charge in [-0.1, -0.05) is 35.3 Å². The molecule has 0 radical (unpaired) electrons. The summed E-state index contributed by atoms with van der Waals surface area (Å²) < 4.78 is 43.0. The number of alkyl halides is 3. The minimum Gasteiger partial charge on any atom is -0.496 e. The van der Waals surface area contributed by atoms with Gasteiger partial charge in [0.25, 0.3) is 0 Å². The van der Waals surface area contributed by atoms with E-state index in [1.54, 1.807) is 18.2 Å². The number of aromatic nitrogens is 1. The van der Waals surface area contributed by atoms with E-state index in [9.17, 15) is 13.2 Å². The molecule has 0 aliphatic carbocycles. The third-order valence-corrected chi connectivity index (χ3v) is 3.44. The van der Waals surface area contributed by atoms with Crippen LogP contribution in [0.4, 0.5) is 13.2 Å². The van der Waals surface area contributed by atoms with E-state index in [0.29, 0.717) is 16.8 Å². The maximum atomic E-state index is 12.7. The first-order valence-electron chi connectivity index (χ1n) is 5.40. The molecule has 0 aliphatic rings. The summed E-state index contributed by atoms with van der Waals surface area (Å²) in [4.78, 5) is 3.78. The van der Waals surface area contributed by atoms with E-state index in [1.807, 2.05) is 0 Å². The van der Waals surface area contributed by atoms with Gasteiger partial charge in [-0.25, -0.2) is 0 Å². The van der Waals surface area contributed by atoms with Crippen molar-refractivity contribution in [1.82, 2.24) is 4.98 Å². The number of benzene rings is 1. The Hall–Kier alpha value is -1.46. The van der Waals surface area contributed by atoms with Crippen molar-refractivity contribution in [2.24, 2.45) is 0 Å². The summed E-state index contributed by atoms with van der Waals surface area (Å²) in [7, 11) is 1.16. The Morgan fingerprint density at radius 1 is 1.20 bits per heavy atom. The van der Waals surface area contributed by atoms with Crippen LogP contribution >= 0.6 is 23.2 Å². The Morgan fingerprint density at radius 2 is 1.90 bits per heavy atom. The second-order valence-electron chi connectivity index (χ2n) is 3.87. The van der Waals surface area contributed by atoms with E-state index in [1.165, 1.54) is 6.07 Å². The fraction of sp³-hybridized carbons (Fsp3) is 0.154. The normalized spacial score (nSPS) is 11.5. The number of pyridine rings is 1. The lowest BCUT2D eigenvalue weighted by Crippen LogP contribution is -2.08. The lowest BCUT2D eigenvalue weighted by molar-refractivity contribution is -0.139. The van der Waals surface area contributed by atoms with Crippen LogP contribution < -0.4 is 4.74 Å². The number of methoxy groups -OCH3 is 1. The third-order valence-electron chi connectivity index (χ3n) is 2.62. The molecule has 0 unspecified atom stereocenters. The standard InChI is InChI=1S/C13H8Cl2F3NO/c1-20-11-5-10(19-6-8(11)13(16,17)18)7-3-2-4-9(14)12(7)15/h2-6H,1H3. The molecular formula is C13H8Cl2F3NO. The average Bonchev–Trinajstić information content (AvgIpc) is 2.40. The van der Waals surface area contributed by atoms with E-state index < -0.39 is 11.7 Å². The molecule has 0 aliphatic heterocycles. The number of hydrogen-bond donors (Lipinski definition) is 0. The highest BCUT2D eigenvalue weighted by Crippen LogP contribution is 2.39. The van der Waals surface area contributed by atoms with Crippen molar-refractivity contribution in [3.63, 3.8) is 0 Å². The van der Waals surface area contributed by atoms with Crippen LogP contribution in [0.1, 0.15) is 5.56 Å². The van der Waals surface area contributed by atoms with E-state index in [4.69, 9.17) is 27.9 Å². The molecule has 7 heteroatoms. The summed E-state index contributed by atoms with van der Waals surface area (Å²) in [6, 6.07) is 6.01. The third kappa shape index (κ3) is 2.83. The molecule has 1 aromatic heterocycles. The summed E-state index contributed by atoms with van der Waals surface area (Å²) in [6.45, 7) is 0. The zero-order valence-corrected chi connectivity index (χ0v) is 11.6. The number of rotatable bonds is 2. The van der Waals surface area contributed by atoms with Crippen molar-refractivity contribution < 1.29 is 17.9 Å². The molecule has 0 saturated carbocycles. The first-order valence-corrected chi connectivity index (χ1v) is 6.16. The minimum atomic E-state index is -4.53. The van der Waals surface area contributed by atoms with Gasteiger partial charge in [-0.3, -0.25) is 4.98 Å². The van der Waals surface area contributed by atoms with Gasteiger partial charge in [0.1, 0.15) is 11.3 Å². The number of hydrogen-bond acceptors (Lipinski definition) is 2. The second kappa shape index (κ2) is 5.50. The predicted octanol–water partition coefficient (Wildman–Crippen LogP) is 5.08. The smallest absolute Gasteiger partial charge is 0.421 e. The van der Waals surface area contributed by atoms with Gasteiger partial charge >= 0.3 is 6.18 Å². The maximum absolute atomic E-state index is 12.7. The van der Waals surface area contributed by atoms with Crippen LogP contribution in [0.3, 0.4) is 0 Å². The van der Waals surface area contributed by atoms with E-state index in [2.05, 4.69) is 4.98 Å². The Labute approximate surface area is 123 Å². The van der Waals surface area contributed by atoms with Crippen LogP contribution in [0.15, 0.2) is 30.5 Å². The van der Waals surface area contributed by atoms with Crippen molar-refractivity contribution in [3.8, 4) is 17.0 Å². The van der Waals surface area contributed by atoms with Crippen LogP contribution in [-0.4, -0.2) is 12.1 Å². The molecule has 0 fully saturated rings. The van der Waals surface area contributed by atoms with Gasteiger partial charge in [0.2, 0.25) is 0 Å². The minimum absolute atomic E-state index is 0.225. The maximum Gasteiger partial charge on any atom is 0.421 e. The van der Waals surface area contributed by atoms with Crippen molar-refractivity contribution >= 4 is 23.2 Å². The Bertz CT molecular complexity index is 644. The zero-order valence-electron chi connectivity index (χ0n) is 10.1. The predicted molar refractivity (Wildman–Crippen MR) is 71.2 cm³/mol. The highest BCUT2D eigenvalue weighted by molar-refractivity contribution is 6.43.